The number of nitrogens with one attached hydrogen (secondary N) is 1. The third kappa shape index (κ3) is 3.04. The molecule has 10 nitrogen and oxygen atoms in total. The summed E-state index contributed by atoms with van der Waals surface area (Å²) in [4.78, 5) is 24.7. The molecule has 0 atom stereocenters. The zero-order valence-corrected chi connectivity index (χ0v) is 10.1. The van der Waals surface area contributed by atoms with Crippen molar-refractivity contribution in [2.24, 2.45) is 0 Å². The number of aromatic nitrogens is 4. The topological polar surface area (TPSA) is 136 Å². The number of hydrogen-bond donors (Lipinski definition) is 2. The van der Waals surface area contributed by atoms with Crippen molar-refractivity contribution in [1.82, 2.24) is 20.0 Å². The van der Waals surface area contributed by atoms with Crippen molar-refractivity contribution in [3.63, 3.8) is 0 Å². The number of rotatable bonds is 6. The lowest BCUT2D eigenvalue weighted by Crippen LogP contribution is -2.13. The smallest absolute Gasteiger partial charge is 0.358 e. The Balaban J connectivity index is 1.96. The van der Waals surface area contributed by atoms with Gasteiger partial charge in [-0.05, 0) is 6.07 Å². The van der Waals surface area contributed by atoms with E-state index in [1.807, 2.05) is 0 Å². The summed E-state index contributed by atoms with van der Waals surface area (Å²) in [6.45, 7) is 0.592. The fourth-order valence-electron chi connectivity index (χ4n) is 1.47. The van der Waals surface area contributed by atoms with Gasteiger partial charge in [-0.2, -0.15) is 0 Å². The molecule has 0 aliphatic heterocycles. The fraction of sp³-hybridized carbons (Fsp3) is 0.200. The first-order valence-electron chi connectivity index (χ1n) is 5.54. The molecular formula is C10H10N6O4. The number of carboxylic acids is 1. The van der Waals surface area contributed by atoms with Gasteiger partial charge in [0.25, 0.3) is 0 Å². The molecule has 2 N–H and O–H groups in total. The second-order valence-electron chi connectivity index (χ2n) is 3.73. The Hall–Kier alpha value is -3.04. The summed E-state index contributed by atoms with van der Waals surface area (Å²) in [5.41, 5.74) is -0.286. The molecule has 2 aromatic heterocycles. The van der Waals surface area contributed by atoms with Gasteiger partial charge in [-0.3, -0.25) is 10.1 Å². The summed E-state index contributed by atoms with van der Waals surface area (Å²) in [6, 6.07) is 2.81. The van der Waals surface area contributed by atoms with Crippen LogP contribution in [0.3, 0.4) is 0 Å². The van der Waals surface area contributed by atoms with Gasteiger partial charge >= 0.3 is 11.7 Å². The monoisotopic (exact) mass is 278 g/mol. The van der Waals surface area contributed by atoms with Crippen LogP contribution in [-0.4, -0.2) is 42.5 Å². The van der Waals surface area contributed by atoms with Crippen molar-refractivity contribution in [3.8, 4) is 0 Å². The molecule has 10 heteroatoms. The quantitative estimate of drug-likeness (QED) is 0.572. The van der Waals surface area contributed by atoms with Crippen LogP contribution < -0.4 is 5.32 Å². The van der Waals surface area contributed by atoms with Crippen LogP contribution in [0.5, 0.6) is 0 Å². The summed E-state index contributed by atoms with van der Waals surface area (Å²) in [7, 11) is 0. The Morgan fingerprint density at radius 3 is 3.00 bits per heavy atom. The number of carbonyl (C=O) groups is 1. The first-order chi connectivity index (χ1) is 9.58. The van der Waals surface area contributed by atoms with Crippen molar-refractivity contribution < 1.29 is 14.8 Å². The molecule has 0 bridgehead atoms. The Morgan fingerprint density at radius 1 is 1.55 bits per heavy atom. The van der Waals surface area contributed by atoms with Crippen LogP contribution in [-0.2, 0) is 6.54 Å². The van der Waals surface area contributed by atoms with Gasteiger partial charge < -0.3 is 10.4 Å². The predicted molar refractivity (Wildman–Crippen MR) is 66.4 cm³/mol. The zero-order valence-electron chi connectivity index (χ0n) is 10.1. The van der Waals surface area contributed by atoms with Crippen LogP contribution in [0.25, 0.3) is 0 Å². The van der Waals surface area contributed by atoms with E-state index < -0.39 is 10.9 Å². The van der Waals surface area contributed by atoms with E-state index >= 15 is 0 Å². The van der Waals surface area contributed by atoms with E-state index in [0.717, 1.165) is 0 Å². The molecule has 0 saturated heterocycles. The highest BCUT2D eigenvalue weighted by Crippen LogP contribution is 2.19. The molecule has 0 unspecified atom stereocenters. The minimum Gasteiger partial charge on any atom is -0.476 e. The third-order valence-electron chi connectivity index (χ3n) is 2.37. The van der Waals surface area contributed by atoms with Gasteiger partial charge in [0.05, 0.1) is 17.7 Å². The molecule has 0 aliphatic carbocycles. The highest BCUT2D eigenvalue weighted by molar-refractivity contribution is 5.84. The number of anilines is 1. The Labute approximate surface area is 112 Å². The highest BCUT2D eigenvalue weighted by Gasteiger charge is 2.13. The average Bonchev–Trinajstić information content (AvgIpc) is 2.88. The fourth-order valence-corrected chi connectivity index (χ4v) is 1.47. The summed E-state index contributed by atoms with van der Waals surface area (Å²) in [5, 5.41) is 29.3. The van der Waals surface area contributed by atoms with Gasteiger partial charge in [0.2, 0.25) is 5.82 Å². The van der Waals surface area contributed by atoms with E-state index in [1.54, 1.807) is 0 Å². The summed E-state index contributed by atoms with van der Waals surface area (Å²) >= 11 is 0. The van der Waals surface area contributed by atoms with Crippen LogP contribution in [0.2, 0.25) is 0 Å². The van der Waals surface area contributed by atoms with Gasteiger partial charge in [0.1, 0.15) is 0 Å². The first kappa shape index (κ1) is 13.4. The van der Waals surface area contributed by atoms with Crippen LogP contribution in [0, 0.1) is 10.1 Å². The number of nitrogens with zero attached hydrogens (tertiary/aromatic N) is 5. The number of nitro groups is 1. The van der Waals surface area contributed by atoms with Crippen molar-refractivity contribution in [2.45, 2.75) is 6.54 Å². The molecule has 0 radical (unpaired) electrons. The van der Waals surface area contributed by atoms with Gasteiger partial charge in [-0.15, -0.1) is 5.10 Å². The molecule has 2 aromatic rings. The second kappa shape index (κ2) is 5.73. The van der Waals surface area contributed by atoms with Crippen LogP contribution in [0.1, 0.15) is 10.5 Å². The second-order valence-corrected chi connectivity index (χ2v) is 3.73. The lowest BCUT2D eigenvalue weighted by Gasteiger charge is -2.05. The molecule has 0 saturated carbocycles. The van der Waals surface area contributed by atoms with Crippen LogP contribution in [0.15, 0.2) is 24.5 Å². The summed E-state index contributed by atoms with van der Waals surface area (Å²) in [5.74, 6) is -1.01. The maximum absolute atomic E-state index is 10.8. The minimum atomic E-state index is -1.16. The predicted octanol–water partition coefficient (Wildman–Crippen LogP) is 0.392. The average molecular weight is 278 g/mol. The molecule has 2 rings (SSSR count). The molecule has 0 spiro atoms. The molecule has 104 valence electrons. The Kier molecular flexibility index (Phi) is 3.84. The lowest BCUT2D eigenvalue weighted by atomic mass is 10.4. The van der Waals surface area contributed by atoms with Crippen molar-refractivity contribution in [3.05, 3.63) is 40.3 Å². The van der Waals surface area contributed by atoms with Crippen molar-refractivity contribution in [2.75, 3.05) is 11.9 Å². The standard InChI is InChI=1S/C10H10N6O4/c17-10(18)7-6-15(14-13-7)5-4-12-9-8(16(19)20)2-1-3-11-9/h1-3,6H,4-5H2,(H,11,12)(H,17,18). The molecule has 20 heavy (non-hydrogen) atoms. The van der Waals surface area contributed by atoms with E-state index in [0.29, 0.717) is 13.1 Å². The zero-order chi connectivity index (χ0) is 14.5. The molecule has 2 heterocycles. The van der Waals surface area contributed by atoms with E-state index in [2.05, 4.69) is 20.6 Å². The Bertz CT molecular complexity index is 640. The normalized spacial score (nSPS) is 10.2. The maximum atomic E-state index is 10.8. The van der Waals surface area contributed by atoms with E-state index in [-0.39, 0.29) is 17.2 Å². The largest absolute Gasteiger partial charge is 0.476 e. The van der Waals surface area contributed by atoms with Crippen LogP contribution in [0.4, 0.5) is 11.5 Å². The molecule has 0 fully saturated rings. The first-order valence-corrected chi connectivity index (χ1v) is 5.54. The molecular weight excluding hydrogens is 268 g/mol. The van der Waals surface area contributed by atoms with E-state index in [1.165, 1.54) is 29.2 Å². The number of pyridine rings is 1. The molecule has 0 aromatic carbocycles. The number of aromatic carboxylic acids is 1. The molecule has 0 amide bonds. The van der Waals surface area contributed by atoms with Gasteiger partial charge in [-0.25, -0.2) is 14.5 Å². The van der Waals surface area contributed by atoms with Gasteiger partial charge in [-0.1, -0.05) is 5.21 Å². The van der Waals surface area contributed by atoms with Gasteiger partial charge in [0, 0.05) is 18.8 Å². The lowest BCUT2D eigenvalue weighted by molar-refractivity contribution is -0.384. The number of hydrogen-bond acceptors (Lipinski definition) is 7. The third-order valence-corrected chi connectivity index (χ3v) is 2.37. The Morgan fingerprint density at radius 2 is 2.35 bits per heavy atom. The van der Waals surface area contributed by atoms with E-state index in [4.69, 9.17) is 5.11 Å². The van der Waals surface area contributed by atoms with Crippen molar-refractivity contribution in [1.29, 1.82) is 0 Å². The van der Waals surface area contributed by atoms with Crippen LogP contribution >= 0.6 is 0 Å². The summed E-state index contributed by atoms with van der Waals surface area (Å²) < 4.78 is 1.32. The SMILES string of the molecule is O=C(O)c1cn(CCNc2ncccc2[N+](=O)[O-])nn1. The minimum absolute atomic E-state index is 0.127. The van der Waals surface area contributed by atoms with Gasteiger partial charge in [0.15, 0.2) is 5.69 Å². The maximum Gasteiger partial charge on any atom is 0.358 e. The summed E-state index contributed by atoms with van der Waals surface area (Å²) in [6.07, 6.45) is 2.71. The number of carboxylic acid groups (broad SMARTS) is 1. The van der Waals surface area contributed by atoms with Crippen molar-refractivity contribution >= 4 is 17.5 Å². The highest BCUT2D eigenvalue weighted by atomic mass is 16.6. The molecule has 0 aliphatic rings. The van der Waals surface area contributed by atoms with E-state index in [9.17, 15) is 14.9 Å².